The average molecular weight is 475 g/mol. The molecular formula is C25H31ClN2O5. The van der Waals surface area contributed by atoms with Crippen LogP contribution in [0.4, 0.5) is 10.5 Å². The maximum atomic E-state index is 12.9. The van der Waals surface area contributed by atoms with Gasteiger partial charge in [-0.25, -0.2) is 4.79 Å². The standard InChI is InChI=1S/C25H31ClN2O5/c1-15-6-4-5-7-17-13-18(32-24(31)27-17)14-21-25(2,33-21)9-8-22(30)28(3)19-11-16(10-15)12-20(29)23(19)26/h4-6,11-12,17-18,21,29H,7-10,13-14H2,1-3H3,(H,27,31)/b5-4+,15-6+/t17?,18-,21-,25-/m0/s1. The summed E-state index contributed by atoms with van der Waals surface area (Å²) in [7, 11) is 1.67. The number of anilines is 1. The smallest absolute Gasteiger partial charge is 0.407 e. The molecule has 0 aromatic heterocycles. The van der Waals surface area contributed by atoms with E-state index in [-0.39, 0.29) is 41.3 Å². The van der Waals surface area contributed by atoms with E-state index in [1.165, 1.54) is 4.90 Å². The number of epoxide rings is 1. The highest BCUT2D eigenvalue weighted by Crippen LogP contribution is 2.44. The van der Waals surface area contributed by atoms with Gasteiger partial charge in [0, 0.05) is 32.4 Å². The van der Waals surface area contributed by atoms with Gasteiger partial charge in [0.1, 0.15) is 16.9 Å². The van der Waals surface area contributed by atoms with Gasteiger partial charge in [0.15, 0.2) is 0 Å². The number of alkyl carbamates (subject to hydrolysis) is 1. The Labute approximate surface area is 199 Å². The molecule has 2 saturated heterocycles. The van der Waals surface area contributed by atoms with Crippen molar-refractivity contribution in [2.24, 2.45) is 0 Å². The zero-order valence-corrected chi connectivity index (χ0v) is 20.0. The van der Waals surface area contributed by atoms with E-state index in [4.69, 9.17) is 21.1 Å². The van der Waals surface area contributed by atoms with Gasteiger partial charge >= 0.3 is 6.09 Å². The molecule has 7 nitrogen and oxygen atoms in total. The second-order valence-electron chi connectivity index (χ2n) is 9.51. The Bertz CT molecular complexity index is 1010. The van der Waals surface area contributed by atoms with Crippen molar-refractivity contribution in [1.82, 2.24) is 5.32 Å². The predicted octanol–water partition coefficient (Wildman–Crippen LogP) is 4.65. The number of hydrogen-bond acceptors (Lipinski definition) is 5. The Hall–Kier alpha value is -2.51. The second kappa shape index (κ2) is 9.39. The first-order valence-corrected chi connectivity index (χ1v) is 11.8. The van der Waals surface area contributed by atoms with E-state index in [0.717, 1.165) is 17.6 Å². The molecular weight excluding hydrogens is 444 g/mol. The van der Waals surface area contributed by atoms with Crippen LogP contribution < -0.4 is 10.2 Å². The third-order valence-corrected chi connectivity index (χ3v) is 7.13. The van der Waals surface area contributed by atoms with Crippen LogP contribution in [0.3, 0.4) is 0 Å². The van der Waals surface area contributed by atoms with Crippen molar-refractivity contribution in [3.8, 4) is 5.75 Å². The fourth-order valence-electron chi connectivity index (χ4n) is 4.63. The highest BCUT2D eigenvalue weighted by atomic mass is 35.5. The number of hydrogen-bond donors (Lipinski definition) is 2. The molecule has 1 aromatic carbocycles. The van der Waals surface area contributed by atoms with Crippen LogP contribution in [-0.2, 0) is 20.7 Å². The normalized spacial score (nSPS) is 33.3. The number of halogens is 1. The summed E-state index contributed by atoms with van der Waals surface area (Å²) < 4.78 is 11.4. The molecule has 1 aromatic rings. The minimum atomic E-state index is -0.416. The van der Waals surface area contributed by atoms with E-state index in [1.807, 2.05) is 38.1 Å². The van der Waals surface area contributed by atoms with Crippen molar-refractivity contribution in [2.45, 2.75) is 76.2 Å². The van der Waals surface area contributed by atoms with Crippen LogP contribution >= 0.6 is 11.6 Å². The Kier molecular flexibility index (Phi) is 6.73. The van der Waals surface area contributed by atoms with Gasteiger partial charge < -0.3 is 24.8 Å². The Morgan fingerprint density at radius 2 is 2.06 bits per heavy atom. The molecule has 4 atom stereocenters. The molecule has 4 bridgehead atoms. The van der Waals surface area contributed by atoms with Gasteiger partial charge in [-0.05, 0) is 50.8 Å². The van der Waals surface area contributed by atoms with Crippen LogP contribution in [0.15, 0.2) is 35.9 Å². The topological polar surface area (TPSA) is 91.4 Å². The van der Waals surface area contributed by atoms with E-state index in [1.54, 1.807) is 13.1 Å². The molecule has 2 amide bonds. The van der Waals surface area contributed by atoms with Crippen LogP contribution in [0.2, 0.25) is 5.02 Å². The third kappa shape index (κ3) is 5.53. The van der Waals surface area contributed by atoms with Gasteiger partial charge in [0.2, 0.25) is 5.91 Å². The van der Waals surface area contributed by atoms with Crippen molar-refractivity contribution in [3.05, 3.63) is 46.5 Å². The summed E-state index contributed by atoms with van der Waals surface area (Å²) in [6.07, 6.45) is 8.88. The number of nitrogens with zero attached hydrogens (tertiary/aromatic N) is 1. The number of carbonyl (C=O) groups excluding carboxylic acids is 2. The Balaban J connectivity index is 1.59. The quantitative estimate of drug-likeness (QED) is 0.534. The first-order chi connectivity index (χ1) is 15.6. The van der Waals surface area contributed by atoms with E-state index < -0.39 is 11.7 Å². The molecule has 3 heterocycles. The zero-order valence-electron chi connectivity index (χ0n) is 19.3. The number of aromatic hydroxyl groups is 1. The molecule has 0 saturated carbocycles. The number of carbonyl (C=O) groups is 2. The van der Waals surface area contributed by atoms with Gasteiger partial charge in [-0.3, -0.25) is 4.79 Å². The van der Waals surface area contributed by atoms with E-state index in [9.17, 15) is 14.7 Å². The van der Waals surface area contributed by atoms with Crippen LogP contribution in [0.5, 0.6) is 5.75 Å². The van der Waals surface area contributed by atoms with E-state index in [0.29, 0.717) is 31.4 Å². The number of rotatable bonds is 0. The van der Waals surface area contributed by atoms with Gasteiger partial charge in [-0.1, -0.05) is 35.4 Å². The predicted molar refractivity (Wildman–Crippen MR) is 127 cm³/mol. The maximum Gasteiger partial charge on any atom is 0.407 e. The molecule has 4 rings (SSSR count). The monoisotopic (exact) mass is 474 g/mol. The number of allylic oxidation sites excluding steroid dienone is 3. The summed E-state index contributed by atoms with van der Waals surface area (Å²) in [4.78, 5) is 26.5. The minimum absolute atomic E-state index is 0.0132. The molecule has 0 aliphatic carbocycles. The third-order valence-electron chi connectivity index (χ3n) is 6.74. The molecule has 1 unspecified atom stereocenters. The molecule has 8 heteroatoms. The number of nitrogens with one attached hydrogen (secondary N) is 1. The first kappa shape index (κ1) is 23.6. The lowest BCUT2D eigenvalue weighted by Gasteiger charge is -2.29. The fourth-order valence-corrected chi connectivity index (χ4v) is 4.87. The van der Waals surface area contributed by atoms with Crippen LogP contribution in [0.25, 0.3) is 0 Å². The molecule has 2 fully saturated rings. The van der Waals surface area contributed by atoms with E-state index >= 15 is 0 Å². The van der Waals surface area contributed by atoms with Crippen LogP contribution in [0.1, 0.15) is 51.5 Å². The number of phenolic OH excluding ortho intramolecular Hbond substituents is 1. The maximum absolute atomic E-state index is 12.9. The van der Waals surface area contributed by atoms with Gasteiger partial charge in [-0.15, -0.1) is 0 Å². The highest BCUT2D eigenvalue weighted by Gasteiger charge is 2.53. The average Bonchev–Trinajstić information content (AvgIpc) is 3.39. The molecule has 0 spiro atoms. The van der Waals surface area contributed by atoms with Crippen molar-refractivity contribution in [3.63, 3.8) is 0 Å². The number of benzene rings is 1. The summed E-state index contributed by atoms with van der Waals surface area (Å²) in [6.45, 7) is 4.00. The minimum Gasteiger partial charge on any atom is -0.506 e. The van der Waals surface area contributed by atoms with Crippen molar-refractivity contribution >= 4 is 29.3 Å². The van der Waals surface area contributed by atoms with E-state index in [2.05, 4.69) is 5.32 Å². The summed E-state index contributed by atoms with van der Waals surface area (Å²) in [6, 6.07) is 3.50. The molecule has 0 radical (unpaired) electrons. The highest BCUT2D eigenvalue weighted by molar-refractivity contribution is 6.35. The molecule has 3 aliphatic heterocycles. The number of ether oxygens (including phenoxy) is 2. The Morgan fingerprint density at radius 3 is 2.85 bits per heavy atom. The lowest BCUT2D eigenvalue weighted by Crippen LogP contribution is -2.45. The van der Waals surface area contributed by atoms with Crippen LogP contribution in [-0.4, -0.2) is 48.0 Å². The zero-order chi connectivity index (χ0) is 23.8. The second-order valence-corrected chi connectivity index (χ2v) is 9.89. The molecule has 3 aliphatic rings. The lowest BCUT2D eigenvalue weighted by molar-refractivity contribution is -0.118. The molecule has 33 heavy (non-hydrogen) atoms. The fraction of sp³-hybridized carbons (Fsp3) is 0.520. The molecule has 2 N–H and O–H groups in total. The van der Waals surface area contributed by atoms with Gasteiger partial charge in [0.05, 0.1) is 17.4 Å². The summed E-state index contributed by atoms with van der Waals surface area (Å²) in [5, 5.41) is 13.4. The lowest BCUT2D eigenvalue weighted by atomic mass is 9.94. The van der Waals surface area contributed by atoms with Gasteiger partial charge in [0.25, 0.3) is 0 Å². The van der Waals surface area contributed by atoms with Crippen molar-refractivity contribution in [1.29, 1.82) is 0 Å². The Morgan fingerprint density at radius 1 is 1.27 bits per heavy atom. The number of fused-ring (bicyclic) bond motifs is 5. The SMILES string of the molecule is C/C1=C\C=C\CC2C[C@@H](C[C@@H]3O[C@@]3(C)CCC(=O)N(C)c3cc(cc(O)c3Cl)C1)OC(=O)N2. The summed E-state index contributed by atoms with van der Waals surface area (Å²) in [5.74, 6) is -0.149. The largest absolute Gasteiger partial charge is 0.506 e. The van der Waals surface area contributed by atoms with Crippen molar-refractivity contribution in [2.75, 3.05) is 11.9 Å². The van der Waals surface area contributed by atoms with Gasteiger partial charge in [-0.2, -0.15) is 0 Å². The van der Waals surface area contributed by atoms with Crippen molar-refractivity contribution < 1.29 is 24.2 Å². The number of amides is 2. The molecule has 178 valence electrons. The van der Waals surface area contributed by atoms with Crippen LogP contribution in [0, 0.1) is 0 Å². The summed E-state index contributed by atoms with van der Waals surface area (Å²) in [5.41, 5.74) is 2.03. The number of phenols is 1. The summed E-state index contributed by atoms with van der Waals surface area (Å²) >= 11 is 6.34. The first-order valence-electron chi connectivity index (χ1n) is 11.4.